The van der Waals surface area contributed by atoms with E-state index in [-0.39, 0.29) is 30.4 Å². The van der Waals surface area contributed by atoms with E-state index >= 15 is 0 Å². The lowest BCUT2D eigenvalue weighted by Crippen LogP contribution is -2.62. The monoisotopic (exact) mass is 266 g/mol. The molecule has 19 heavy (non-hydrogen) atoms. The van der Waals surface area contributed by atoms with Gasteiger partial charge in [-0.3, -0.25) is 9.59 Å². The third-order valence-electron chi connectivity index (χ3n) is 4.40. The van der Waals surface area contributed by atoms with Crippen molar-refractivity contribution in [3.8, 4) is 0 Å². The molecule has 0 aromatic heterocycles. The number of carbonyl (C=O) groups is 2. The van der Waals surface area contributed by atoms with Crippen LogP contribution in [0.5, 0.6) is 0 Å². The summed E-state index contributed by atoms with van der Waals surface area (Å²) >= 11 is 0. The molecule has 2 aliphatic rings. The predicted octanol–water partition coefficient (Wildman–Crippen LogP) is 1.94. The summed E-state index contributed by atoms with van der Waals surface area (Å²) in [5, 5.41) is 2.85. The average molecular weight is 266 g/mol. The summed E-state index contributed by atoms with van der Waals surface area (Å²) in [5.74, 6) is 1.07. The van der Waals surface area contributed by atoms with Gasteiger partial charge in [-0.2, -0.15) is 0 Å². The lowest BCUT2D eigenvalue weighted by molar-refractivity contribution is -0.148. The Balaban J connectivity index is 2.10. The van der Waals surface area contributed by atoms with Crippen LogP contribution in [0.15, 0.2) is 0 Å². The molecule has 1 aliphatic heterocycles. The number of hydrogen-bond donors (Lipinski definition) is 1. The number of hydrogen-bond acceptors (Lipinski definition) is 2. The Hall–Kier alpha value is -1.06. The predicted molar refractivity (Wildman–Crippen MR) is 74.5 cm³/mol. The van der Waals surface area contributed by atoms with E-state index in [4.69, 9.17) is 0 Å². The molecule has 108 valence electrons. The minimum Gasteiger partial charge on any atom is -0.343 e. The first-order valence-electron chi connectivity index (χ1n) is 7.59. The van der Waals surface area contributed by atoms with Crippen molar-refractivity contribution < 1.29 is 9.59 Å². The van der Waals surface area contributed by atoms with E-state index in [0.29, 0.717) is 11.8 Å². The molecule has 0 bridgehead atoms. The smallest absolute Gasteiger partial charge is 0.245 e. The van der Waals surface area contributed by atoms with E-state index < -0.39 is 0 Å². The number of piperazine rings is 1. The Labute approximate surface area is 115 Å². The zero-order chi connectivity index (χ0) is 14.0. The van der Waals surface area contributed by atoms with E-state index in [1.807, 2.05) is 4.90 Å². The summed E-state index contributed by atoms with van der Waals surface area (Å²) in [7, 11) is 0. The van der Waals surface area contributed by atoms with Gasteiger partial charge in [-0.05, 0) is 31.1 Å². The molecule has 0 aromatic carbocycles. The second kappa shape index (κ2) is 5.93. The first kappa shape index (κ1) is 14.4. The Bertz CT molecular complexity index is 354. The maximum atomic E-state index is 12.6. The van der Waals surface area contributed by atoms with Crippen LogP contribution in [0.3, 0.4) is 0 Å². The zero-order valence-corrected chi connectivity index (χ0v) is 12.3. The summed E-state index contributed by atoms with van der Waals surface area (Å²) in [6, 6.07) is -0.0441. The fraction of sp³-hybridized carbons (Fsp3) is 0.867. The van der Waals surface area contributed by atoms with Crippen molar-refractivity contribution >= 4 is 11.8 Å². The summed E-state index contributed by atoms with van der Waals surface area (Å²) in [6.45, 7) is 6.63. The van der Waals surface area contributed by atoms with Gasteiger partial charge >= 0.3 is 0 Å². The van der Waals surface area contributed by atoms with Crippen molar-refractivity contribution in [2.75, 3.05) is 6.54 Å². The molecule has 1 saturated carbocycles. The average Bonchev–Trinajstić information content (AvgIpc) is 2.33. The minimum absolute atomic E-state index is 0.00280. The molecule has 0 spiro atoms. The number of nitrogens with one attached hydrogen (secondary N) is 1. The van der Waals surface area contributed by atoms with Gasteiger partial charge in [0.15, 0.2) is 0 Å². The molecule has 2 amide bonds. The van der Waals surface area contributed by atoms with Gasteiger partial charge in [0.2, 0.25) is 11.8 Å². The number of amides is 2. The highest BCUT2D eigenvalue weighted by Gasteiger charge is 2.39. The van der Waals surface area contributed by atoms with Crippen molar-refractivity contribution in [1.82, 2.24) is 10.2 Å². The topological polar surface area (TPSA) is 49.4 Å². The Morgan fingerprint density at radius 1 is 1.26 bits per heavy atom. The van der Waals surface area contributed by atoms with Crippen molar-refractivity contribution in [3.05, 3.63) is 0 Å². The van der Waals surface area contributed by atoms with Crippen molar-refractivity contribution in [1.29, 1.82) is 0 Å². The van der Waals surface area contributed by atoms with Crippen molar-refractivity contribution in [2.45, 2.75) is 65.0 Å². The summed E-state index contributed by atoms with van der Waals surface area (Å²) in [5.41, 5.74) is 0. The molecule has 4 nitrogen and oxygen atoms in total. The number of rotatable bonds is 3. The molecule has 0 radical (unpaired) electrons. The van der Waals surface area contributed by atoms with E-state index in [9.17, 15) is 9.59 Å². The first-order chi connectivity index (χ1) is 8.99. The van der Waals surface area contributed by atoms with Crippen LogP contribution < -0.4 is 5.32 Å². The Kier molecular flexibility index (Phi) is 4.48. The van der Waals surface area contributed by atoms with E-state index in [0.717, 1.165) is 12.8 Å². The zero-order valence-electron chi connectivity index (χ0n) is 12.3. The molecular weight excluding hydrogens is 240 g/mol. The van der Waals surface area contributed by atoms with Crippen LogP contribution in [0.1, 0.15) is 52.9 Å². The second-order valence-electron chi connectivity index (χ2n) is 6.54. The molecule has 3 unspecified atom stereocenters. The fourth-order valence-corrected chi connectivity index (χ4v) is 3.41. The molecule has 2 fully saturated rings. The molecule has 1 heterocycles. The molecule has 1 N–H and O–H groups in total. The van der Waals surface area contributed by atoms with Gasteiger partial charge in [0, 0.05) is 6.04 Å². The molecule has 1 saturated heterocycles. The van der Waals surface area contributed by atoms with Crippen LogP contribution in [0.25, 0.3) is 0 Å². The maximum absolute atomic E-state index is 12.6. The highest BCUT2D eigenvalue weighted by atomic mass is 16.2. The van der Waals surface area contributed by atoms with Gasteiger partial charge in [-0.1, -0.05) is 33.6 Å². The SMILES string of the molecule is CC(C)CC1NC(=O)CN(C2CCCCC2C)C1=O. The van der Waals surface area contributed by atoms with Gasteiger partial charge in [0.05, 0.1) is 6.54 Å². The van der Waals surface area contributed by atoms with Gasteiger partial charge in [0.1, 0.15) is 6.04 Å². The third-order valence-corrected chi connectivity index (χ3v) is 4.40. The standard InChI is InChI=1S/C15H26N2O2/c1-10(2)8-12-15(19)17(9-14(18)16-12)13-7-5-4-6-11(13)3/h10-13H,4-9H2,1-3H3,(H,16,18). The van der Waals surface area contributed by atoms with Crippen LogP contribution in [0, 0.1) is 11.8 Å². The quantitative estimate of drug-likeness (QED) is 0.848. The lowest BCUT2D eigenvalue weighted by Gasteiger charge is -2.42. The second-order valence-corrected chi connectivity index (χ2v) is 6.54. The van der Waals surface area contributed by atoms with Gasteiger partial charge in [0.25, 0.3) is 0 Å². The van der Waals surface area contributed by atoms with E-state index in [1.54, 1.807) is 0 Å². The lowest BCUT2D eigenvalue weighted by atomic mass is 9.84. The van der Waals surface area contributed by atoms with E-state index in [2.05, 4.69) is 26.1 Å². The first-order valence-corrected chi connectivity index (χ1v) is 7.59. The number of nitrogens with zero attached hydrogens (tertiary/aromatic N) is 1. The molecule has 3 atom stereocenters. The van der Waals surface area contributed by atoms with Crippen LogP contribution in [0.4, 0.5) is 0 Å². The molecule has 1 aliphatic carbocycles. The highest BCUT2D eigenvalue weighted by molar-refractivity contribution is 5.95. The van der Waals surface area contributed by atoms with E-state index in [1.165, 1.54) is 19.3 Å². The molecule has 0 aromatic rings. The van der Waals surface area contributed by atoms with Crippen LogP contribution in [-0.4, -0.2) is 35.3 Å². The van der Waals surface area contributed by atoms with Crippen LogP contribution >= 0.6 is 0 Å². The van der Waals surface area contributed by atoms with Crippen LogP contribution in [-0.2, 0) is 9.59 Å². The van der Waals surface area contributed by atoms with Crippen LogP contribution in [0.2, 0.25) is 0 Å². The molecule has 2 rings (SSSR count). The van der Waals surface area contributed by atoms with Crippen molar-refractivity contribution in [2.24, 2.45) is 11.8 Å². The minimum atomic E-state index is -0.310. The summed E-state index contributed by atoms with van der Waals surface area (Å²) < 4.78 is 0. The summed E-state index contributed by atoms with van der Waals surface area (Å²) in [6.07, 6.45) is 5.39. The number of carbonyl (C=O) groups excluding carboxylic acids is 2. The van der Waals surface area contributed by atoms with Gasteiger partial charge in [-0.15, -0.1) is 0 Å². The summed E-state index contributed by atoms with van der Waals surface area (Å²) in [4.78, 5) is 26.3. The highest BCUT2D eigenvalue weighted by Crippen LogP contribution is 2.29. The third kappa shape index (κ3) is 3.28. The van der Waals surface area contributed by atoms with Crippen molar-refractivity contribution in [3.63, 3.8) is 0 Å². The maximum Gasteiger partial charge on any atom is 0.245 e. The largest absolute Gasteiger partial charge is 0.343 e. The normalized spacial score (nSPS) is 32.6. The van der Waals surface area contributed by atoms with Gasteiger partial charge in [-0.25, -0.2) is 0 Å². The Morgan fingerprint density at radius 3 is 2.58 bits per heavy atom. The Morgan fingerprint density at radius 2 is 1.95 bits per heavy atom. The molecule has 4 heteroatoms. The van der Waals surface area contributed by atoms with Gasteiger partial charge < -0.3 is 10.2 Å². The molecular formula is C15H26N2O2. The fourth-order valence-electron chi connectivity index (χ4n) is 3.41.